The van der Waals surface area contributed by atoms with Crippen molar-refractivity contribution in [1.29, 1.82) is 0 Å². The lowest BCUT2D eigenvalue weighted by atomic mass is 10.0. The summed E-state index contributed by atoms with van der Waals surface area (Å²) in [5.41, 5.74) is 3.52. The third-order valence-electron chi connectivity index (χ3n) is 3.90. The predicted molar refractivity (Wildman–Crippen MR) is 97.6 cm³/mol. The second kappa shape index (κ2) is 7.09. The van der Waals surface area contributed by atoms with E-state index in [0.717, 1.165) is 22.5 Å². The Bertz CT molecular complexity index is 823. The van der Waals surface area contributed by atoms with Crippen molar-refractivity contribution in [2.45, 2.75) is 20.8 Å². The number of hydrogen-bond donors (Lipinski definition) is 0. The Morgan fingerprint density at radius 3 is 2.72 bits per heavy atom. The van der Waals surface area contributed by atoms with Gasteiger partial charge in [-0.2, -0.15) is 5.10 Å². The number of rotatable bonds is 5. The van der Waals surface area contributed by atoms with Crippen LogP contribution < -0.4 is 9.64 Å². The molecular weight excluding hydrogens is 319 g/mol. The first kappa shape index (κ1) is 17.2. The molecule has 0 spiro atoms. The molecule has 0 bridgehead atoms. The van der Waals surface area contributed by atoms with E-state index in [1.807, 2.05) is 51.2 Å². The van der Waals surface area contributed by atoms with E-state index in [9.17, 15) is 4.39 Å². The molecule has 0 saturated carbocycles. The minimum atomic E-state index is -0.358. The first-order valence-electron chi connectivity index (χ1n) is 8.35. The van der Waals surface area contributed by atoms with E-state index in [4.69, 9.17) is 4.74 Å². The molecule has 6 heteroatoms. The molecule has 0 atom stereocenters. The number of nitrogens with zero attached hydrogens (tertiary/aromatic N) is 4. The van der Waals surface area contributed by atoms with Gasteiger partial charge in [0.15, 0.2) is 11.6 Å². The van der Waals surface area contributed by atoms with Crippen molar-refractivity contribution in [2.75, 3.05) is 18.2 Å². The second-order valence-electron chi connectivity index (χ2n) is 6.65. The Morgan fingerprint density at radius 2 is 2.12 bits per heavy atom. The van der Waals surface area contributed by atoms with E-state index >= 15 is 0 Å². The van der Waals surface area contributed by atoms with E-state index in [0.29, 0.717) is 19.2 Å². The number of hydrogen-bond acceptors (Lipinski definition) is 4. The van der Waals surface area contributed by atoms with Crippen LogP contribution in [0, 0.1) is 11.7 Å². The fourth-order valence-electron chi connectivity index (χ4n) is 2.66. The van der Waals surface area contributed by atoms with Gasteiger partial charge in [-0.3, -0.25) is 9.67 Å². The maximum absolute atomic E-state index is 14.3. The largest absolute Gasteiger partial charge is 0.490 e. The van der Waals surface area contributed by atoms with Gasteiger partial charge in [0.1, 0.15) is 6.67 Å². The van der Waals surface area contributed by atoms with Crippen LogP contribution in [0.25, 0.3) is 0 Å². The standard InChI is InChI=1S/C19H23FN4O/c1-13(2)11-25-18-6-5-15(7-17(18)20)19-14(3)9-24(12-21-19)16-8-22-23(4)10-16/h5-10,13H,11-12H2,1-4H3. The molecule has 1 aromatic heterocycles. The summed E-state index contributed by atoms with van der Waals surface area (Å²) >= 11 is 0. The van der Waals surface area contributed by atoms with Crippen LogP contribution in [0.1, 0.15) is 26.3 Å². The molecule has 0 saturated heterocycles. The molecule has 3 rings (SSSR count). The Kier molecular flexibility index (Phi) is 4.88. The lowest BCUT2D eigenvalue weighted by Crippen LogP contribution is -2.24. The van der Waals surface area contributed by atoms with E-state index in [1.54, 1.807) is 16.9 Å². The number of aliphatic imine (C=N–C) groups is 1. The number of aromatic nitrogens is 2. The van der Waals surface area contributed by atoms with Gasteiger partial charge < -0.3 is 9.64 Å². The molecule has 0 unspecified atom stereocenters. The fraction of sp³-hybridized carbons (Fsp3) is 0.368. The summed E-state index contributed by atoms with van der Waals surface area (Å²) in [6.07, 6.45) is 5.75. The zero-order valence-electron chi connectivity index (χ0n) is 15.0. The van der Waals surface area contributed by atoms with E-state index < -0.39 is 0 Å². The summed E-state index contributed by atoms with van der Waals surface area (Å²) in [5, 5.41) is 4.18. The van der Waals surface area contributed by atoms with Gasteiger partial charge in [-0.15, -0.1) is 0 Å². The lowest BCUT2D eigenvalue weighted by Gasteiger charge is -2.23. The molecule has 2 aromatic rings. The van der Waals surface area contributed by atoms with Crippen molar-refractivity contribution in [2.24, 2.45) is 18.0 Å². The van der Waals surface area contributed by atoms with Crippen molar-refractivity contribution >= 4 is 11.4 Å². The third kappa shape index (κ3) is 3.90. The summed E-state index contributed by atoms with van der Waals surface area (Å²) in [4.78, 5) is 6.64. The highest BCUT2D eigenvalue weighted by Crippen LogP contribution is 2.24. The Morgan fingerprint density at radius 1 is 1.32 bits per heavy atom. The van der Waals surface area contributed by atoms with Crippen LogP contribution in [-0.4, -0.2) is 28.8 Å². The minimum Gasteiger partial charge on any atom is -0.490 e. The van der Waals surface area contributed by atoms with Crippen LogP contribution in [0.15, 0.2) is 47.4 Å². The average molecular weight is 342 g/mol. The lowest BCUT2D eigenvalue weighted by molar-refractivity contribution is 0.259. The molecule has 0 amide bonds. The molecule has 1 aromatic carbocycles. The van der Waals surface area contributed by atoms with Gasteiger partial charge in [-0.05, 0) is 36.6 Å². The number of anilines is 1. The van der Waals surface area contributed by atoms with Gasteiger partial charge in [-0.1, -0.05) is 13.8 Å². The Balaban J connectivity index is 1.77. The summed E-state index contributed by atoms with van der Waals surface area (Å²) < 4.78 is 21.6. The molecule has 0 radical (unpaired) electrons. The van der Waals surface area contributed by atoms with Gasteiger partial charge in [0.2, 0.25) is 0 Å². The molecule has 1 aliphatic heterocycles. The van der Waals surface area contributed by atoms with Gasteiger partial charge in [-0.25, -0.2) is 4.39 Å². The zero-order chi connectivity index (χ0) is 18.0. The molecule has 2 heterocycles. The summed E-state index contributed by atoms with van der Waals surface area (Å²) in [5.74, 6) is 0.279. The van der Waals surface area contributed by atoms with Crippen LogP contribution in [0.5, 0.6) is 5.75 Å². The quantitative estimate of drug-likeness (QED) is 0.831. The van der Waals surface area contributed by atoms with E-state index in [1.165, 1.54) is 6.07 Å². The molecule has 132 valence electrons. The first-order valence-corrected chi connectivity index (χ1v) is 8.35. The van der Waals surface area contributed by atoms with Crippen LogP contribution in [-0.2, 0) is 7.05 Å². The third-order valence-corrected chi connectivity index (χ3v) is 3.90. The van der Waals surface area contributed by atoms with Gasteiger partial charge in [0, 0.05) is 25.0 Å². The fourth-order valence-corrected chi connectivity index (χ4v) is 2.66. The van der Waals surface area contributed by atoms with Crippen molar-refractivity contribution < 1.29 is 9.13 Å². The maximum Gasteiger partial charge on any atom is 0.165 e. The molecule has 0 N–H and O–H groups in total. The molecule has 0 fully saturated rings. The van der Waals surface area contributed by atoms with E-state index in [-0.39, 0.29) is 11.6 Å². The van der Waals surface area contributed by atoms with Crippen LogP contribution in [0.4, 0.5) is 10.1 Å². The SMILES string of the molecule is CC1=CN(c2cnn(C)c2)CN=C1c1ccc(OCC(C)C)c(F)c1. The molecule has 25 heavy (non-hydrogen) atoms. The molecular formula is C19H23FN4O. The number of halogens is 1. The van der Waals surface area contributed by atoms with Gasteiger partial charge in [0.05, 0.1) is 24.2 Å². The molecule has 0 aliphatic carbocycles. The van der Waals surface area contributed by atoms with Crippen molar-refractivity contribution in [3.63, 3.8) is 0 Å². The topological polar surface area (TPSA) is 42.7 Å². The van der Waals surface area contributed by atoms with Crippen molar-refractivity contribution in [3.05, 3.63) is 53.7 Å². The highest BCUT2D eigenvalue weighted by molar-refractivity contribution is 6.13. The summed E-state index contributed by atoms with van der Waals surface area (Å²) in [6.45, 7) is 7.01. The Labute approximate surface area is 147 Å². The number of ether oxygens (including phenoxy) is 1. The van der Waals surface area contributed by atoms with Crippen LogP contribution in [0.2, 0.25) is 0 Å². The molecule has 5 nitrogen and oxygen atoms in total. The number of benzene rings is 1. The number of allylic oxidation sites excluding steroid dienone is 1. The average Bonchev–Trinajstić information content (AvgIpc) is 3.00. The monoisotopic (exact) mass is 342 g/mol. The van der Waals surface area contributed by atoms with Crippen molar-refractivity contribution in [3.8, 4) is 5.75 Å². The highest BCUT2D eigenvalue weighted by atomic mass is 19.1. The second-order valence-corrected chi connectivity index (χ2v) is 6.65. The molecule has 1 aliphatic rings. The smallest absolute Gasteiger partial charge is 0.165 e. The van der Waals surface area contributed by atoms with E-state index in [2.05, 4.69) is 10.1 Å². The maximum atomic E-state index is 14.3. The van der Waals surface area contributed by atoms with Gasteiger partial charge >= 0.3 is 0 Å². The van der Waals surface area contributed by atoms with Crippen LogP contribution >= 0.6 is 0 Å². The highest BCUT2D eigenvalue weighted by Gasteiger charge is 2.17. The summed E-state index contributed by atoms with van der Waals surface area (Å²) in [7, 11) is 1.88. The normalized spacial score (nSPS) is 14.6. The Hall–Kier alpha value is -2.63. The number of aryl methyl sites for hydroxylation is 1. The summed E-state index contributed by atoms with van der Waals surface area (Å²) in [6, 6.07) is 5.02. The zero-order valence-corrected chi connectivity index (χ0v) is 15.0. The predicted octanol–water partition coefficient (Wildman–Crippen LogP) is 3.76. The minimum absolute atomic E-state index is 0.285. The van der Waals surface area contributed by atoms with Crippen LogP contribution in [0.3, 0.4) is 0 Å². The van der Waals surface area contributed by atoms with Crippen molar-refractivity contribution in [1.82, 2.24) is 9.78 Å². The van der Waals surface area contributed by atoms with Gasteiger partial charge in [0.25, 0.3) is 0 Å². The first-order chi connectivity index (χ1) is 11.9.